The van der Waals surface area contributed by atoms with Crippen molar-refractivity contribution in [1.29, 1.82) is 0 Å². The van der Waals surface area contributed by atoms with Gasteiger partial charge in [-0.15, -0.1) is 0 Å². The van der Waals surface area contributed by atoms with Crippen LogP contribution in [0.25, 0.3) is 0 Å². The highest BCUT2D eigenvalue weighted by Gasteiger charge is 2.28. The molecular formula is C15H23N3O2. The Morgan fingerprint density at radius 2 is 2.30 bits per heavy atom. The molecule has 0 spiro atoms. The van der Waals surface area contributed by atoms with Crippen LogP contribution >= 0.6 is 0 Å². The van der Waals surface area contributed by atoms with Crippen LogP contribution in [0.4, 0.5) is 10.5 Å². The van der Waals surface area contributed by atoms with Crippen molar-refractivity contribution in [3.05, 3.63) is 24.3 Å². The van der Waals surface area contributed by atoms with Gasteiger partial charge in [0.15, 0.2) is 0 Å². The van der Waals surface area contributed by atoms with E-state index >= 15 is 0 Å². The Morgan fingerprint density at radius 1 is 1.50 bits per heavy atom. The van der Waals surface area contributed by atoms with Gasteiger partial charge < -0.3 is 20.7 Å². The Kier molecular flexibility index (Phi) is 5.24. The number of methoxy groups -OCH3 is 1. The first kappa shape index (κ1) is 14.7. The summed E-state index contributed by atoms with van der Waals surface area (Å²) in [5, 5.41) is 2.94. The van der Waals surface area contributed by atoms with Crippen molar-refractivity contribution in [3.8, 4) is 5.75 Å². The fraction of sp³-hybridized carbons (Fsp3) is 0.533. The van der Waals surface area contributed by atoms with Gasteiger partial charge in [0, 0.05) is 24.3 Å². The number of ether oxygens (including phenoxy) is 1. The molecule has 1 aliphatic rings. The van der Waals surface area contributed by atoms with Gasteiger partial charge in [-0.1, -0.05) is 6.07 Å². The number of anilines is 1. The molecule has 110 valence electrons. The maximum atomic E-state index is 12.4. The molecule has 1 fully saturated rings. The first-order valence-corrected chi connectivity index (χ1v) is 7.16. The summed E-state index contributed by atoms with van der Waals surface area (Å²) in [6.45, 7) is 1.33. The zero-order valence-electron chi connectivity index (χ0n) is 12.0. The first-order chi connectivity index (χ1) is 9.74. The summed E-state index contributed by atoms with van der Waals surface area (Å²) in [7, 11) is 1.61. The van der Waals surface area contributed by atoms with E-state index in [9.17, 15) is 4.79 Å². The standard InChI is InChI=1S/C15H23N3O2/c1-20-14-8-2-5-12(11-14)17-15(19)18(10-4-9-16)13-6-3-7-13/h2,5,8,11,13H,3-4,6-7,9-10,16H2,1H3,(H,17,19). The van der Waals surface area contributed by atoms with E-state index in [1.54, 1.807) is 7.11 Å². The van der Waals surface area contributed by atoms with Crippen molar-refractivity contribution >= 4 is 11.7 Å². The van der Waals surface area contributed by atoms with Crippen LogP contribution in [0.15, 0.2) is 24.3 Å². The predicted molar refractivity (Wildman–Crippen MR) is 80.0 cm³/mol. The quantitative estimate of drug-likeness (QED) is 0.839. The number of benzene rings is 1. The molecule has 0 aliphatic heterocycles. The molecule has 1 aromatic carbocycles. The number of nitrogens with one attached hydrogen (secondary N) is 1. The predicted octanol–water partition coefficient (Wildman–Crippen LogP) is 2.43. The number of nitrogens with two attached hydrogens (primary N) is 1. The second-order valence-corrected chi connectivity index (χ2v) is 5.08. The number of hydrogen-bond acceptors (Lipinski definition) is 3. The monoisotopic (exact) mass is 277 g/mol. The van der Waals surface area contributed by atoms with E-state index in [4.69, 9.17) is 10.5 Å². The van der Waals surface area contributed by atoms with Crippen LogP contribution in [0.2, 0.25) is 0 Å². The molecule has 0 radical (unpaired) electrons. The second-order valence-electron chi connectivity index (χ2n) is 5.08. The lowest BCUT2D eigenvalue weighted by Crippen LogP contribution is -2.47. The third-order valence-corrected chi connectivity index (χ3v) is 3.70. The van der Waals surface area contributed by atoms with Crippen LogP contribution in [0.1, 0.15) is 25.7 Å². The summed E-state index contributed by atoms with van der Waals surface area (Å²) >= 11 is 0. The summed E-state index contributed by atoms with van der Waals surface area (Å²) in [6.07, 6.45) is 4.23. The molecule has 0 atom stereocenters. The van der Waals surface area contributed by atoms with E-state index in [0.717, 1.165) is 37.2 Å². The van der Waals surface area contributed by atoms with Crippen molar-refractivity contribution < 1.29 is 9.53 Å². The summed E-state index contributed by atoms with van der Waals surface area (Å²) in [5.74, 6) is 0.736. The lowest BCUT2D eigenvalue weighted by atomic mass is 9.91. The molecule has 2 amide bonds. The largest absolute Gasteiger partial charge is 0.497 e. The van der Waals surface area contributed by atoms with Gasteiger partial charge in [-0.05, 0) is 44.4 Å². The molecule has 0 aromatic heterocycles. The van der Waals surface area contributed by atoms with E-state index in [1.807, 2.05) is 29.2 Å². The zero-order valence-corrected chi connectivity index (χ0v) is 12.0. The number of carbonyl (C=O) groups is 1. The summed E-state index contributed by atoms with van der Waals surface area (Å²) < 4.78 is 5.16. The van der Waals surface area contributed by atoms with Crippen molar-refractivity contribution in [1.82, 2.24) is 4.90 Å². The average molecular weight is 277 g/mol. The number of hydrogen-bond donors (Lipinski definition) is 2. The Hall–Kier alpha value is -1.75. The highest BCUT2D eigenvalue weighted by molar-refractivity contribution is 5.89. The first-order valence-electron chi connectivity index (χ1n) is 7.16. The SMILES string of the molecule is COc1cccc(NC(=O)N(CCCN)C2CCC2)c1. The number of amides is 2. The Balaban J connectivity index is 1.99. The molecule has 0 saturated heterocycles. The van der Waals surface area contributed by atoms with Crippen LogP contribution < -0.4 is 15.8 Å². The minimum absolute atomic E-state index is 0.0450. The molecular weight excluding hydrogens is 254 g/mol. The number of carbonyl (C=O) groups excluding carboxylic acids is 1. The minimum Gasteiger partial charge on any atom is -0.497 e. The third-order valence-electron chi connectivity index (χ3n) is 3.70. The summed E-state index contributed by atoms with van der Waals surface area (Å²) in [5.41, 5.74) is 6.31. The van der Waals surface area contributed by atoms with Gasteiger partial charge in [-0.3, -0.25) is 0 Å². The Labute approximate surface area is 120 Å². The van der Waals surface area contributed by atoms with E-state index < -0.39 is 0 Å². The molecule has 5 nitrogen and oxygen atoms in total. The minimum atomic E-state index is -0.0450. The van der Waals surface area contributed by atoms with Crippen LogP contribution in [0, 0.1) is 0 Å². The highest BCUT2D eigenvalue weighted by atomic mass is 16.5. The lowest BCUT2D eigenvalue weighted by Gasteiger charge is -2.37. The third kappa shape index (κ3) is 3.63. The zero-order chi connectivity index (χ0) is 14.4. The van der Waals surface area contributed by atoms with Crippen molar-refractivity contribution in [2.75, 3.05) is 25.5 Å². The van der Waals surface area contributed by atoms with E-state index in [0.29, 0.717) is 12.6 Å². The smallest absolute Gasteiger partial charge is 0.322 e. The topological polar surface area (TPSA) is 67.6 Å². The second kappa shape index (κ2) is 7.14. The fourth-order valence-corrected chi connectivity index (χ4v) is 2.31. The molecule has 0 heterocycles. The normalized spacial score (nSPS) is 14.5. The summed E-state index contributed by atoms with van der Waals surface area (Å²) in [6, 6.07) is 7.72. The van der Waals surface area contributed by atoms with E-state index in [-0.39, 0.29) is 6.03 Å². The van der Waals surface area contributed by atoms with E-state index in [2.05, 4.69) is 5.32 Å². The van der Waals surface area contributed by atoms with Crippen molar-refractivity contribution in [3.63, 3.8) is 0 Å². The number of rotatable bonds is 6. The fourth-order valence-electron chi connectivity index (χ4n) is 2.31. The maximum Gasteiger partial charge on any atom is 0.322 e. The molecule has 5 heteroatoms. The van der Waals surface area contributed by atoms with Crippen LogP contribution in [-0.4, -0.2) is 37.2 Å². The van der Waals surface area contributed by atoms with Gasteiger partial charge in [0.1, 0.15) is 5.75 Å². The molecule has 3 N–H and O–H groups in total. The highest BCUT2D eigenvalue weighted by Crippen LogP contribution is 2.26. The Bertz CT molecular complexity index is 446. The molecule has 20 heavy (non-hydrogen) atoms. The lowest BCUT2D eigenvalue weighted by molar-refractivity contribution is 0.148. The molecule has 1 saturated carbocycles. The van der Waals surface area contributed by atoms with Gasteiger partial charge in [-0.2, -0.15) is 0 Å². The van der Waals surface area contributed by atoms with E-state index in [1.165, 1.54) is 6.42 Å². The Morgan fingerprint density at radius 3 is 2.90 bits per heavy atom. The van der Waals surface area contributed by atoms with Gasteiger partial charge in [0.2, 0.25) is 0 Å². The van der Waals surface area contributed by atoms with Crippen molar-refractivity contribution in [2.45, 2.75) is 31.7 Å². The maximum absolute atomic E-state index is 12.4. The van der Waals surface area contributed by atoms with Crippen LogP contribution in [0.5, 0.6) is 5.75 Å². The van der Waals surface area contributed by atoms with Crippen LogP contribution in [-0.2, 0) is 0 Å². The average Bonchev–Trinajstić information content (AvgIpc) is 2.41. The molecule has 1 aliphatic carbocycles. The molecule has 2 rings (SSSR count). The summed E-state index contributed by atoms with van der Waals surface area (Å²) in [4.78, 5) is 14.3. The van der Waals surface area contributed by atoms with Crippen LogP contribution in [0.3, 0.4) is 0 Å². The van der Waals surface area contributed by atoms with Gasteiger partial charge in [0.25, 0.3) is 0 Å². The van der Waals surface area contributed by atoms with Gasteiger partial charge in [-0.25, -0.2) is 4.79 Å². The molecule has 0 bridgehead atoms. The molecule has 1 aromatic rings. The molecule has 0 unspecified atom stereocenters. The number of urea groups is 1. The van der Waals surface area contributed by atoms with Gasteiger partial charge >= 0.3 is 6.03 Å². The van der Waals surface area contributed by atoms with Crippen molar-refractivity contribution in [2.24, 2.45) is 5.73 Å². The number of nitrogens with zero attached hydrogens (tertiary/aromatic N) is 1. The van der Waals surface area contributed by atoms with Gasteiger partial charge in [0.05, 0.1) is 7.11 Å².